The summed E-state index contributed by atoms with van der Waals surface area (Å²) in [7, 11) is 0. The molecule has 1 aliphatic rings. The first-order valence-corrected chi connectivity index (χ1v) is 6.74. The van der Waals surface area contributed by atoms with Crippen molar-refractivity contribution in [3.05, 3.63) is 0 Å². The zero-order valence-corrected chi connectivity index (χ0v) is 12.4. The third-order valence-corrected chi connectivity index (χ3v) is 3.07. The number of piperazine rings is 1. The number of alkyl halides is 3. The van der Waals surface area contributed by atoms with E-state index in [0.717, 1.165) is 0 Å². The normalized spacial score (nSPS) is 20.7. The van der Waals surface area contributed by atoms with Gasteiger partial charge in [0.05, 0.1) is 6.54 Å². The number of hydrogen-bond acceptors (Lipinski definition) is 3. The monoisotopic (exact) mass is 310 g/mol. The van der Waals surface area contributed by atoms with Gasteiger partial charge in [-0.05, 0) is 11.8 Å². The highest BCUT2D eigenvalue weighted by atomic mass is 19.4. The van der Waals surface area contributed by atoms with Gasteiger partial charge in [-0.1, -0.05) is 20.8 Å². The zero-order chi connectivity index (χ0) is 16.3. The molecule has 0 bridgehead atoms. The molecule has 0 aliphatic carbocycles. The van der Waals surface area contributed by atoms with E-state index in [1.54, 1.807) is 0 Å². The molecule has 0 aromatic rings. The molecule has 1 saturated heterocycles. The van der Waals surface area contributed by atoms with Crippen LogP contribution in [0.3, 0.4) is 0 Å². The van der Waals surface area contributed by atoms with Gasteiger partial charge < -0.3 is 15.0 Å². The fraction of sp³-hybridized carbons (Fsp3) is 0.846. The molecule has 1 unspecified atom stereocenters. The first-order chi connectivity index (χ1) is 9.52. The minimum absolute atomic E-state index is 0.0746. The highest BCUT2D eigenvalue weighted by Gasteiger charge is 2.41. The summed E-state index contributed by atoms with van der Waals surface area (Å²) in [5, 5.41) is 2.53. The summed E-state index contributed by atoms with van der Waals surface area (Å²) >= 11 is 0. The molecule has 0 radical (unpaired) electrons. The first kappa shape index (κ1) is 17.7. The van der Waals surface area contributed by atoms with Gasteiger partial charge in [0.25, 0.3) is 0 Å². The van der Waals surface area contributed by atoms with Crippen LogP contribution in [-0.2, 0) is 14.3 Å². The number of carbonyl (C=O) groups excluding carboxylic acids is 2. The summed E-state index contributed by atoms with van der Waals surface area (Å²) in [4.78, 5) is 25.3. The smallest absolute Gasteiger partial charge is 0.372 e. The molecule has 5 nitrogen and oxygen atoms in total. The minimum Gasteiger partial charge on any atom is -0.372 e. The molecule has 1 rings (SSSR count). The van der Waals surface area contributed by atoms with E-state index >= 15 is 0 Å². The predicted molar refractivity (Wildman–Crippen MR) is 69.5 cm³/mol. The molecular weight excluding hydrogens is 289 g/mol. The molecule has 1 N–H and O–H groups in total. The molecule has 1 atom stereocenters. The lowest BCUT2D eigenvalue weighted by Crippen LogP contribution is -2.62. The van der Waals surface area contributed by atoms with E-state index in [2.05, 4.69) is 10.1 Å². The lowest BCUT2D eigenvalue weighted by atomic mass is 9.84. The molecule has 0 aromatic carbocycles. The summed E-state index contributed by atoms with van der Waals surface area (Å²) in [6, 6.07) is -0.624. The van der Waals surface area contributed by atoms with Crippen molar-refractivity contribution in [2.75, 3.05) is 26.3 Å². The van der Waals surface area contributed by atoms with Gasteiger partial charge in [0, 0.05) is 13.2 Å². The molecule has 1 fully saturated rings. The van der Waals surface area contributed by atoms with Crippen LogP contribution >= 0.6 is 0 Å². The van der Waals surface area contributed by atoms with E-state index in [4.69, 9.17) is 0 Å². The number of halogens is 3. The molecule has 122 valence electrons. The Morgan fingerprint density at radius 1 is 1.29 bits per heavy atom. The van der Waals surface area contributed by atoms with Crippen molar-refractivity contribution in [1.82, 2.24) is 10.2 Å². The van der Waals surface area contributed by atoms with E-state index in [-0.39, 0.29) is 37.9 Å². The van der Waals surface area contributed by atoms with Crippen molar-refractivity contribution in [3.8, 4) is 0 Å². The topological polar surface area (TPSA) is 58.6 Å². The molecule has 0 aromatic heterocycles. The van der Waals surface area contributed by atoms with Crippen LogP contribution in [0.4, 0.5) is 13.2 Å². The maximum Gasteiger partial charge on any atom is 0.411 e. The average molecular weight is 310 g/mol. The van der Waals surface area contributed by atoms with Crippen molar-refractivity contribution in [2.45, 2.75) is 39.4 Å². The van der Waals surface area contributed by atoms with Crippen LogP contribution in [0.25, 0.3) is 0 Å². The number of carbonyl (C=O) groups is 2. The van der Waals surface area contributed by atoms with Crippen LogP contribution in [0.15, 0.2) is 0 Å². The predicted octanol–water partition coefficient (Wildman–Crippen LogP) is 1.33. The van der Waals surface area contributed by atoms with Gasteiger partial charge in [0.15, 0.2) is 0 Å². The Labute approximate surface area is 121 Å². The molecule has 21 heavy (non-hydrogen) atoms. The van der Waals surface area contributed by atoms with Gasteiger partial charge in [0.1, 0.15) is 12.6 Å². The van der Waals surface area contributed by atoms with Crippen LogP contribution in [0.5, 0.6) is 0 Å². The van der Waals surface area contributed by atoms with E-state index in [1.807, 2.05) is 20.8 Å². The van der Waals surface area contributed by atoms with Crippen molar-refractivity contribution < 1.29 is 27.5 Å². The van der Waals surface area contributed by atoms with E-state index in [0.29, 0.717) is 0 Å². The zero-order valence-electron chi connectivity index (χ0n) is 12.4. The third kappa shape index (κ3) is 5.53. The summed E-state index contributed by atoms with van der Waals surface area (Å²) in [6.07, 6.45) is -4.10. The van der Waals surface area contributed by atoms with E-state index in [9.17, 15) is 22.8 Å². The Morgan fingerprint density at radius 3 is 2.43 bits per heavy atom. The van der Waals surface area contributed by atoms with Crippen LogP contribution in [0, 0.1) is 5.41 Å². The highest BCUT2D eigenvalue weighted by molar-refractivity contribution is 5.95. The fourth-order valence-corrected chi connectivity index (χ4v) is 2.29. The van der Waals surface area contributed by atoms with Crippen molar-refractivity contribution in [3.63, 3.8) is 0 Å². The summed E-state index contributed by atoms with van der Waals surface area (Å²) in [5.74, 6) is -0.469. The summed E-state index contributed by atoms with van der Waals surface area (Å²) in [6.45, 7) is 4.22. The average Bonchev–Trinajstić information content (AvgIpc) is 2.29. The second kappa shape index (κ2) is 6.64. The standard InChI is InChI=1S/C13H21F3N2O3/c1-12(2,3)10-11(20)17-7-9(19)18(10)5-4-6-21-8-13(14,15)16/h10H,4-8H2,1-3H3,(H,17,20). The Balaban J connectivity index is 2.53. The number of amides is 2. The van der Waals surface area contributed by atoms with Gasteiger partial charge in [-0.25, -0.2) is 0 Å². The summed E-state index contributed by atoms with van der Waals surface area (Å²) in [5.41, 5.74) is -0.451. The first-order valence-electron chi connectivity index (χ1n) is 6.74. The third-order valence-electron chi connectivity index (χ3n) is 3.07. The number of hydrogen-bond donors (Lipinski definition) is 1. The van der Waals surface area contributed by atoms with Crippen molar-refractivity contribution >= 4 is 11.8 Å². The number of rotatable bonds is 5. The van der Waals surface area contributed by atoms with Gasteiger partial charge in [-0.3, -0.25) is 9.59 Å². The van der Waals surface area contributed by atoms with E-state index in [1.165, 1.54) is 4.90 Å². The maximum atomic E-state index is 11.9. The molecule has 0 spiro atoms. The van der Waals surface area contributed by atoms with Crippen molar-refractivity contribution in [1.29, 1.82) is 0 Å². The molecule has 8 heteroatoms. The fourth-order valence-electron chi connectivity index (χ4n) is 2.29. The number of nitrogens with one attached hydrogen (secondary N) is 1. The van der Waals surface area contributed by atoms with Gasteiger partial charge in [-0.15, -0.1) is 0 Å². The number of ether oxygens (including phenoxy) is 1. The Kier molecular flexibility index (Phi) is 5.61. The van der Waals surface area contributed by atoms with E-state index < -0.39 is 24.2 Å². The van der Waals surface area contributed by atoms with Crippen LogP contribution in [-0.4, -0.2) is 55.2 Å². The van der Waals surface area contributed by atoms with Gasteiger partial charge in [0.2, 0.25) is 11.8 Å². The molecule has 1 heterocycles. The maximum absolute atomic E-state index is 11.9. The Hall–Kier alpha value is -1.31. The molecule has 0 saturated carbocycles. The number of nitrogens with zero attached hydrogens (tertiary/aromatic N) is 1. The van der Waals surface area contributed by atoms with Crippen LogP contribution in [0.2, 0.25) is 0 Å². The molecular formula is C13H21F3N2O3. The Morgan fingerprint density at radius 2 is 1.90 bits per heavy atom. The highest BCUT2D eigenvalue weighted by Crippen LogP contribution is 2.26. The second-order valence-electron chi connectivity index (χ2n) is 6.09. The van der Waals surface area contributed by atoms with Gasteiger partial charge >= 0.3 is 6.18 Å². The van der Waals surface area contributed by atoms with Crippen molar-refractivity contribution in [2.24, 2.45) is 5.41 Å². The molecule has 2 amide bonds. The lowest BCUT2D eigenvalue weighted by molar-refractivity contribution is -0.174. The molecule has 1 aliphatic heterocycles. The SMILES string of the molecule is CC(C)(C)C1C(=O)NCC(=O)N1CCCOCC(F)(F)F. The van der Waals surface area contributed by atoms with Crippen LogP contribution < -0.4 is 5.32 Å². The largest absolute Gasteiger partial charge is 0.411 e. The summed E-state index contributed by atoms with van der Waals surface area (Å²) < 4.78 is 40.3. The lowest BCUT2D eigenvalue weighted by Gasteiger charge is -2.42. The van der Waals surface area contributed by atoms with Crippen LogP contribution in [0.1, 0.15) is 27.2 Å². The quantitative estimate of drug-likeness (QED) is 0.779. The second-order valence-corrected chi connectivity index (χ2v) is 6.09. The Bertz CT molecular complexity index is 391. The van der Waals surface area contributed by atoms with Gasteiger partial charge in [-0.2, -0.15) is 13.2 Å². The minimum atomic E-state index is -4.35.